The lowest BCUT2D eigenvalue weighted by Gasteiger charge is -2.72. The van der Waals surface area contributed by atoms with E-state index in [9.17, 15) is 15.0 Å². The molecule has 4 nitrogen and oxygen atoms in total. The fraction of sp³-hybridized carbons (Fsp3) is 0.903. The first-order chi connectivity index (χ1) is 16.2. The average Bonchev–Trinajstić information content (AvgIpc) is 3.15. The third-order valence-electron chi connectivity index (χ3n) is 13.5. The molecule has 5 saturated carbocycles. The molecule has 35 heavy (non-hydrogen) atoms. The highest BCUT2D eigenvalue weighted by molar-refractivity contribution is 5.79. The lowest BCUT2D eigenvalue weighted by Crippen LogP contribution is -2.72. The molecular formula is C31H50O4. The van der Waals surface area contributed by atoms with Crippen molar-refractivity contribution in [2.24, 2.45) is 56.7 Å². The first-order valence-electron chi connectivity index (χ1n) is 14.3. The van der Waals surface area contributed by atoms with Crippen molar-refractivity contribution in [1.82, 2.24) is 0 Å². The number of carbonyl (C=O) groups excluding carboxylic acids is 1. The Hall–Kier alpha value is -0.870. The summed E-state index contributed by atoms with van der Waals surface area (Å²) in [6.45, 7) is 18.2. The summed E-state index contributed by atoms with van der Waals surface area (Å²) in [5, 5.41) is 22.6. The van der Waals surface area contributed by atoms with Crippen LogP contribution in [0.4, 0.5) is 0 Å². The summed E-state index contributed by atoms with van der Waals surface area (Å²) < 4.78 is 5.72. The van der Waals surface area contributed by atoms with E-state index in [0.717, 1.165) is 38.5 Å². The lowest BCUT2D eigenvalue weighted by molar-refractivity contribution is -0.277. The van der Waals surface area contributed by atoms with Gasteiger partial charge in [-0.2, -0.15) is 0 Å². The second-order valence-corrected chi connectivity index (χ2v) is 14.8. The van der Waals surface area contributed by atoms with Crippen LogP contribution in [0, 0.1) is 56.7 Å². The molecule has 0 unspecified atom stereocenters. The Bertz CT molecular complexity index is 910. The summed E-state index contributed by atoms with van der Waals surface area (Å²) in [6.07, 6.45) is 7.72. The maximum Gasteiger partial charge on any atom is 0.312 e. The number of rotatable bonds is 2. The normalized spacial score (nSPS) is 54.6. The molecule has 0 radical (unpaired) electrons. The zero-order valence-electron chi connectivity index (χ0n) is 23.3. The maximum absolute atomic E-state index is 14.1. The molecule has 0 heterocycles. The van der Waals surface area contributed by atoms with Crippen LogP contribution >= 0.6 is 0 Å². The highest BCUT2D eigenvalue weighted by Crippen LogP contribution is 2.77. The molecule has 5 aliphatic rings. The van der Waals surface area contributed by atoms with Gasteiger partial charge in [0.15, 0.2) is 0 Å². The predicted molar refractivity (Wildman–Crippen MR) is 138 cm³/mol. The van der Waals surface area contributed by atoms with E-state index >= 15 is 0 Å². The monoisotopic (exact) mass is 486 g/mol. The fourth-order valence-corrected chi connectivity index (χ4v) is 11.6. The Morgan fingerprint density at radius 3 is 2.20 bits per heavy atom. The molecule has 4 heteroatoms. The minimum Gasteiger partial charge on any atom is -0.469 e. The summed E-state index contributed by atoms with van der Waals surface area (Å²) >= 11 is 0. The van der Waals surface area contributed by atoms with Gasteiger partial charge in [-0.25, -0.2) is 0 Å². The van der Waals surface area contributed by atoms with E-state index in [2.05, 4.69) is 48.1 Å². The summed E-state index contributed by atoms with van der Waals surface area (Å²) in [5.41, 5.74) is 0.211. The van der Waals surface area contributed by atoms with Gasteiger partial charge in [0.1, 0.15) is 0 Å². The summed E-state index contributed by atoms with van der Waals surface area (Å²) in [7, 11) is 1.57. The van der Waals surface area contributed by atoms with E-state index in [-0.39, 0.29) is 28.6 Å². The molecule has 5 aliphatic carbocycles. The van der Waals surface area contributed by atoms with Gasteiger partial charge in [-0.3, -0.25) is 4.79 Å². The van der Waals surface area contributed by atoms with E-state index in [4.69, 9.17) is 4.74 Å². The molecular weight excluding hydrogens is 436 g/mol. The van der Waals surface area contributed by atoms with Crippen molar-refractivity contribution < 1.29 is 19.7 Å². The predicted octanol–water partition coefficient (Wildman–Crippen LogP) is 6.15. The molecule has 0 aromatic rings. The molecule has 0 spiro atoms. The smallest absolute Gasteiger partial charge is 0.312 e. The van der Waals surface area contributed by atoms with Crippen molar-refractivity contribution in [1.29, 1.82) is 0 Å². The summed E-state index contributed by atoms with van der Waals surface area (Å²) in [6, 6.07) is 0. The number of esters is 1. The van der Waals surface area contributed by atoms with Crippen LogP contribution in [0.1, 0.15) is 99.3 Å². The molecule has 0 aromatic carbocycles. The van der Waals surface area contributed by atoms with Crippen LogP contribution in [0.2, 0.25) is 0 Å². The number of methoxy groups -OCH3 is 1. The number of hydrogen-bond donors (Lipinski definition) is 2. The molecule has 0 amide bonds. The van der Waals surface area contributed by atoms with Gasteiger partial charge in [0, 0.05) is 11.8 Å². The van der Waals surface area contributed by atoms with E-state index in [1.807, 2.05) is 0 Å². The number of fused-ring (bicyclic) bond motifs is 7. The van der Waals surface area contributed by atoms with Crippen LogP contribution in [0.3, 0.4) is 0 Å². The summed E-state index contributed by atoms with van der Waals surface area (Å²) in [5.74, 6) is 1.79. The number of ether oxygens (including phenoxy) is 1. The Labute approximate surface area is 213 Å². The van der Waals surface area contributed by atoms with Gasteiger partial charge in [0.25, 0.3) is 0 Å². The van der Waals surface area contributed by atoms with Crippen LogP contribution in [-0.4, -0.2) is 35.5 Å². The van der Waals surface area contributed by atoms with Gasteiger partial charge in [-0.05, 0) is 104 Å². The molecule has 11 atom stereocenters. The third kappa shape index (κ3) is 2.96. The zero-order chi connectivity index (χ0) is 25.8. The van der Waals surface area contributed by atoms with Gasteiger partial charge in [0.05, 0.1) is 24.7 Å². The number of aliphatic hydroxyl groups excluding tert-OH is 2. The SMILES string of the molecule is C=C(C)[C@@H]1CC[C@]2(C)CC[C@]3(C)[C@H](CC[C@@H]4[C@@]5(C)[C@H](O)C[C@H](O)C(C)(C)[C@@H]5CC[C@]43C(=O)OC)[C@@H]12. The van der Waals surface area contributed by atoms with Crippen LogP contribution in [0.5, 0.6) is 0 Å². The Kier molecular flexibility index (Phi) is 5.76. The number of hydrogen-bond acceptors (Lipinski definition) is 4. The van der Waals surface area contributed by atoms with Crippen molar-refractivity contribution in [3.8, 4) is 0 Å². The second kappa shape index (κ2) is 7.82. The zero-order valence-corrected chi connectivity index (χ0v) is 23.3. The number of carbonyl (C=O) groups is 1. The van der Waals surface area contributed by atoms with Crippen LogP contribution in [0.15, 0.2) is 12.2 Å². The average molecular weight is 487 g/mol. The third-order valence-corrected chi connectivity index (χ3v) is 13.5. The number of aliphatic hydroxyl groups is 2. The van der Waals surface area contributed by atoms with Gasteiger partial charge in [-0.15, -0.1) is 0 Å². The number of allylic oxidation sites excluding steroid dienone is 1. The molecule has 5 rings (SSSR count). The van der Waals surface area contributed by atoms with Crippen molar-refractivity contribution >= 4 is 5.97 Å². The quantitative estimate of drug-likeness (QED) is 0.363. The van der Waals surface area contributed by atoms with Gasteiger partial charge in [0.2, 0.25) is 0 Å². The topological polar surface area (TPSA) is 66.8 Å². The van der Waals surface area contributed by atoms with Crippen LogP contribution in [-0.2, 0) is 9.53 Å². The largest absolute Gasteiger partial charge is 0.469 e. The van der Waals surface area contributed by atoms with Crippen molar-refractivity contribution in [3.05, 3.63) is 12.2 Å². The van der Waals surface area contributed by atoms with E-state index in [0.29, 0.717) is 29.6 Å². The van der Waals surface area contributed by atoms with E-state index < -0.39 is 23.0 Å². The van der Waals surface area contributed by atoms with Gasteiger partial charge < -0.3 is 14.9 Å². The van der Waals surface area contributed by atoms with Crippen LogP contribution < -0.4 is 0 Å². The maximum atomic E-state index is 14.1. The minimum atomic E-state index is -0.603. The highest BCUT2D eigenvalue weighted by atomic mass is 16.5. The standard InChI is InChI=1S/C31H50O4/c1-18(2)19-11-13-28(5)15-16-29(6)20(25(19)28)9-10-22-30(7)21(12-14-31(22,29)26(34)35-8)27(3,4)23(32)17-24(30)33/h19-25,32-33H,1,9-17H2,2-8H3/t19-,20+,21-,22+,23-,24+,25+,28+,29+,30-,31+/m0/s1. The first kappa shape index (κ1) is 25.8. The van der Waals surface area contributed by atoms with Crippen molar-refractivity contribution in [2.75, 3.05) is 7.11 Å². The molecule has 0 aliphatic heterocycles. The van der Waals surface area contributed by atoms with Crippen molar-refractivity contribution in [2.45, 2.75) is 112 Å². The minimum absolute atomic E-state index is 0.0426. The summed E-state index contributed by atoms with van der Waals surface area (Å²) in [4.78, 5) is 14.1. The Morgan fingerprint density at radius 1 is 0.886 bits per heavy atom. The van der Waals surface area contributed by atoms with Crippen LogP contribution in [0.25, 0.3) is 0 Å². The highest BCUT2D eigenvalue weighted by Gasteiger charge is 2.75. The first-order valence-corrected chi connectivity index (χ1v) is 14.3. The van der Waals surface area contributed by atoms with Crippen molar-refractivity contribution in [3.63, 3.8) is 0 Å². The van der Waals surface area contributed by atoms with E-state index in [1.54, 1.807) is 7.11 Å². The Morgan fingerprint density at radius 2 is 1.57 bits per heavy atom. The lowest BCUT2D eigenvalue weighted by atomic mass is 9.31. The van der Waals surface area contributed by atoms with E-state index in [1.165, 1.54) is 18.4 Å². The molecule has 5 fully saturated rings. The van der Waals surface area contributed by atoms with Gasteiger partial charge >= 0.3 is 5.97 Å². The molecule has 198 valence electrons. The molecule has 0 saturated heterocycles. The molecule has 0 bridgehead atoms. The molecule has 2 N–H and O–H groups in total. The fourth-order valence-electron chi connectivity index (χ4n) is 11.6. The molecule has 0 aromatic heterocycles. The van der Waals surface area contributed by atoms with Gasteiger partial charge in [-0.1, -0.05) is 46.8 Å². The Balaban J connectivity index is 1.66. The second-order valence-electron chi connectivity index (χ2n) is 14.8.